The number of methoxy groups -OCH3 is 1. The highest BCUT2D eigenvalue weighted by Crippen LogP contribution is 2.26. The first-order valence-electron chi connectivity index (χ1n) is 9.26. The topological polar surface area (TPSA) is 58.6 Å². The summed E-state index contributed by atoms with van der Waals surface area (Å²) >= 11 is 3.40. The Morgan fingerprint density at radius 1 is 1.07 bits per heavy atom. The van der Waals surface area contributed by atoms with Gasteiger partial charge >= 0.3 is 0 Å². The quantitative estimate of drug-likeness (QED) is 0.581. The third kappa shape index (κ3) is 4.95. The lowest BCUT2D eigenvalue weighted by atomic mass is 9.96. The Morgan fingerprint density at radius 2 is 1.76 bits per heavy atom. The van der Waals surface area contributed by atoms with Crippen molar-refractivity contribution in [1.29, 1.82) is 0 Å². The Hall–Kier alpha value is -2.86. The smallest absolute Gasteiger partial charge is 0.244 e. The van der Waals surface area contributed by atoms with Crippen molar-refractivity contribution >= 4 is 44.2 Å². The summed E-state index contributed by atoms with van der Waals surface area (Å²) in [5.41, 5.74) is 1.59. The van der Waals surface area contributed by atoms with Gasteiger partial charge in [-0.25, -0.2) is 0 Å². The maximum absolute atomic E-state index is 12.9. The predicted octanol–water partition coefficient (Wildman–Crippen LogP) is 4.81. The van der Waals surface area contributed by atoms with E-state index in [0.717, 1.165) is 26.6 Å². The van der Waals surface area contributed by atoms with E-state index in [-0.39, 0.29) is 24.3 Å². The zero-order valence-electron chi connectivity index (χ0n) is 16.6. The molecule has 0 aliphatic rings. The van der Waals surface area contributed by atoms with Gasteiger partial charge in [0.1, 0.15) is 5.75 Å². The number of benzene rings is 3. The molecule has 5 nitrogen and oxygen atoms in total. The minimum absolute atomic E-state index is 0.0186. The lowest BCUT2D eigenvalue weighted by molar-refractivity contribution is -0.134. The van der Waals surface area contributed by atoms with Crippen LogP contribution in [0.4, 0.5) is 5.69 Å². The van der Waals surface area contributed by atoms with Crippen molar-refractivity contribution in [3.8, 4) is 5.75 Å². The van der Waals surface area contributed by atoms with Crippen LogP contribution in [0, 0.1) is 0 Å². The van der Waals surface area contributed by atoms with Crippen molar-refractivity contribution in [3.63, 3.8) is 0 Å². The minimum Gasteiger partial charge on any atom is -0.497 e. The molecule has 0 fully saturated rings. The molecule has 0 aliphatic heterocycles. The number of fused-ring (bicyclic) bond motifs is 1. The Labute approximate surface area is 178 Å². The standard InChI is InChI=1S/C23H23BrN2O3/c1-15(16-8-9-18-13-19(29-3)11-10-17(18)12-16)23(28)26(2)14-22(27)25-21-7-5-4-6-20(21)24/h4-13,15H,14H2,1-3H3,(H,25,27)/t15-/m1/s1. The number of ether oxygens (including phenoxy) is 1. The Balaban J connectivity index is 1.68. The average Bonchev–Trinajstić information content (AvgIpc) is 2.73. The van der Waals surface area contributed by atoms with Crippen LogP contribution in [0.2, 0.25) is 0 Å². The van der Waals surface area contributed by atoms with E-state index in [1.165, 1.54) is 4.90 Å². The monoisotopic (exact) mass is 454 g/mol. The summed E-state index contributed by atoms with van der Waals surface area (Å²) in [6.07, 6.45) is 0. The number of hydrogen-bond donors (Lipinski definition) is 1. The van der Waals surface area contributed by atoms with E-state index in [1.807, 2.05) is 61.5 Å². The van der Waals surface area contributed by atoms with E-state index in [2.05, 4.69) is 21.2 Å². The fraction of sp³-hybridized carbons (Fsp3) is 0.217. The number of hydrogen-bond acceptors (Lipinski definition) is 3. The summed E-state index contributed by atoms with van der Waals surface area (Å²) in [5.74, 6) is 0.0821. The second-order valence-corrected chi connectivity index (χ2v) is 7.77. The number of para-hydroxylation sites is 1. The Bertz CT molecular complexity index is 1050. The molecule has 0 spiro atoms. The molecule has 29 heavy (non-hydrogen) atoms. The molecule has 0 saturated heterocycles. The van der Waals surface area contributed by atoms with Crippen LogP contribution in [0.1, 0.15) is 18.4 Å². The van der Waals surface area contributed by atoms with E-state index in [9.17, 15) is 9.59 Å². The van der Waals surface area contributed by atoms with Crippen LogP contribution in [0.15, 0.2) is 65.1 Å². The normalized spacial score (nSPS) is 11.7. The molecule has 3 aromatic carbocycles. The number of likely N-dealkylation sites (N-methyl/N-ethyl adjacent to an activating group) is 1. The van der Waals surface area contributed by atoms with Crippen molar-refractivity contribution in [3.05, 3.63) is 70.7 Å². The summed E-state index contributed by atoms with van der Waals surface area (Å²) in [6, 6.07) is 19.1. The number of carbonyl (C=O) groups is 2. The van der Waals surface area contributed by atoms with Gasteiger partial charge in [0.2, 0.25) is 11.8 Å². The maximum atomic E-state index is 12.9. The van der Waals surface area contributed by atoms with Crippen LogP contribution in [0.25, 0.3) is 10.8 Å². The molecule has 0 aliphatic carbocycles. The first kappa shape index (κ1) is 20.9. The maximum Gasteiger partial charge on any atom is 0.244 e. The van der Waals surface area contributed by atoms with Gasteiger partial charge in [-0.05, 0) is 63.5 Å². The van der Waals surface area contributed by atoms with Crippen LogP contribution in [0.3, 0.4) is 0 Å². The fourth-order valence-electron chi connectivity index (χ4n) is 3.16. The van der Waals surface area contributed by atoms with Gasteiger partial charge in [-0.1, -0.05) is 36.4 Å². The summed E-state index contributed by atoms with van der Waals surface area (Å²) in [6.45, 7) is 1.84. The van der Waals surface area contributed by atoms with E-state index in [1.54, 1.807) is 20.2 Å². The molecular formula is C23H23BrN2O3. The zero-order valence-corrected chi connectivity index (χ0v) is 18.2. The van der Waals surface area contributed by atoms with E-state index < -0.39 is 0 Å². The van der Waals surface area contributed by atoms with Crippen molar-refractivity contribution in [1.82, 2.24) is 4.90 Å². The first-order chi connectivity index (χ1) is 13.9. The second kappa shape index (κ2) is 9.09. The molecule has 150 valence electrons. The van der Waals surface area contributed by atoms with Gasteiger partial charge in [0, 0.05) is 11.5 Å². The molecule has 2 amide bonds. The third-order valence-electron chi connectivity index (χ3n) is 4.85. The molecule has 1 N–H and O–H groups in total. The Kier molecular flexibility index (Phi) is 6.54. The highest BCUT2D eigenvalue weighted by molar-refractivity contribution is 9.10. The number of carbonyl (C=O) groups excluding carboxylic acids is 2. The molecule has 0 bridgehead atoms. The number of amides is 2. The van der Waals surface area contributed by atoms with Gasteiger partial charge in [0.05, 0.1) is 25.3 Å². The summed E-state index contributed by atoms with van der Waals surface area (Å²) in [5, 5.41) is 4.91. The van der Waals surface area contributed by atoms with Crippen molar-refractivity contribution < 1.29 is 14.3 Å². The van der Waals surface area contributed by atoms with Crippen molar-refractivity contribution in [2.45, 2.75) is 12.8 Å². The van der Waals surface area contributed by atoms with E-state index >= 15 is 0 Å². The molecule has 1 atom stereocenters. The van der Waals surface area contributed by atoms with Gasteiger partial charge in [-0.2, -0.15) is 0 Å². The fourth-order valence-corrected chi connectivity index (χ4v) is 3.54. The van der Waals surface area contributed by atoms with Gasteiger partial charge in [0.15, 0.2) is 0 Å². The SMILES string of the molecule is COc1ccc2cc([C@@H](C)C(=O)N(C)CC(=O)Nc3ccccc3Br)ccc2c1. The molecule has 6 heteroatoms. The zero-order chi connectivity index (χ0) is 21.0. The lowest BCUT2D eigenvalue weighted by Crippen LogP contribution is -2.37. The molecule has 0 saturated carbocycles. The van der Waals surface area contributed by atoms with E-state index in [4.69, 9.17) is 4.74 Å². The van der Waals surface area contributed by atoms with Gasteiger partial charge in [-0.3, -0.25) is 9.59 Å². The molecule has 0 radical (unpaired) electrons. The number of nitrogens with zero attached hydrogens (tertiary/aromatic N) is 1. The number of halogens is 1. The van der Waals surface area contributed by atoms with Crippen LogP contribution >= 0.6 is 15.9 Å². The largest absolute Gasteiger partial charge is 0.497 e. The number of nitrogens with one attached hydrogen (secondary N) is 1. The summed E-state index contributed by atoms with van der Waals surface area (Å²) in [7, 11) is 3.28. The van der Waals surface area contributed by atoms with Crippen LogP contribution < -0.4 is 10.1 Å². The van der Waals surface area contributed by atoms with Crippen molar-refractivity contribution in [2.75, 3.05) is 26.0 Å². The van der Waals surface area contributed by atoms with Gasteiger partial charge < -0.3 is 15.0 Å². The lowest BCUT2D eigenvalue weighted by Gasteiger charge is -2.21. The van der Waals surface area contributed by atoms with Crippen LogP contribution in [-0.4, -0.2) is 37.4 Å². The highest BCUT2D eigenvalue weighted by atomic mass is 79.9. The minimum atomic E-state index is -0.359. The molecule has 0 heterocycles. The predicted molar refractivity (Wildman–Crippen MR) is 119 cm³/mol. The molecule has 0 aromatic heterocycles. The van der Waals surface area contributed by atoms with Crippen molar-refractivity contribution in [2.24, 2.45) is 0 Å². The van der Waals surface area contributed by atoms with Gasteiger partial charge in [0.25, 0.3) is 0 Å². The van der Waals surface area contributed by atoms with E-state index in [0.29, 0.717) is 5.69 Å². The second-order valence-electron chi connectivity index (χ2n) is 6.92. The summed E-state index contributed by atoms with van der Waals surface area (Å²) < 4.78 is 6.05. The highest BCUT2D eigenvalue weighted by Gasteiger charge is 2.21. The summed E-state index contributed by atoms with van der Waals surface area (Å²) in [4.78, 5) is 26.6. The molecular weight excluding hydrogens is 432 g/mol. The molecule has 3 aromatic rings. The number of rotatable bonds is 6. The average molecular weight is 455 g/mol. The molecule has 3 rings (SSSR count). The third-order valence-corrected chi connectivity index (χ3v) is 5.54. The molecule has 0 unspecified atom stereocenters. The van der Waals surface area contributed by atoms with Gasteiger partial charge in [-0.15, -0.1) is 0 Å². The Morgan fingerprint density at radius 3 is 2.48 bits per heavy atom. The van der Waals surface area contributed by atoms with Crippen LogP contribution in [0.5, 0.6) is 5.75 Å². The van der Waals surface area contributed by atoms with Crippen LogP contribution in [-0.2, 0) is 9.59 Å². The first-order valence-corrected chi connectivity index (χ1v) is 10.1. The number of anilines is 1.